The summed E-state index contributed by atoms with van der Waals surface area (Å²) in [6.45, 7) is 7.50. The van der Waals surface area contributed by atoms with Crippen LogP contribution in [0.25, 0.3) is 0 Å². The van der Waals surface area contributed by atoms with Gasteiger partial charge in [-0.2, -0.15) is 0 Å². The molecule has 0 unspecified atom stereocenters. The van der Waals surface area contributed by atoms with Crippen molar-refractivity contribution in [1.82, 2.24) is 5.32 Å². The fourth-order valence-corrected chi connectivity index (χ4v) is 4.94. The number of nitrogens with one attached hydrogen (secondary N) is 1. The molecule has 0 aliphatic carbocycles. The van der Waals surface area contributed by atoms with E-state index in [-0.39, 0.29) is 23.4 Å². The normalized spacial score (nSPS) is 12.2. The molecule has 0 radical (unpaired) electrons. The molecule has 0 aliphatic heterocycles. The molecule has 0 fully saturated rings. The lowest BCUT2D eigenvalue weighted by atomic mass is 10.0. The molecule has 0 spiro atoms. The summed E-state index contributed by atoms with van der Waals surface area (Å²) in [6, 6.07) is 21.6. The maximum absolute atomic E-state index is 13.5. The van der Waals surface area contributed by atoms with Gasteiger partial charge in [0.1, 0.15) is 6.54 Å². The molecule has 32 heavy (non-hydrogen) atoms. The van der Waals surface area contributed by atoms with E-state index in [2.05, 4.69) is 5.32 Å². The molecule has 0 aliphatic rings. The minimum absolute atomic E-state index is 0.156. The van der Waals surface area contributed by atoms with Crippen molar-refractivity contribution in [2.75, 3.05) is 10.8 Å². The van der Waals surface area contributed by atoms with Crippen LogP contribution in [-0.4, -0.2) is 20.9 Å². The first-order chi connectivity index (χ1) is 15.2. The Labute approximate surface area is 191 Å². The first kappa shape index (κ1) is 23.5. The summed E-state index contributed by atoms with van der Waals surface area (Å²) >= 11 is 0. The third-order valence-corrected chi connectivity index (χ3v) is 7.20. The largest absolute Gasteiger partial charge is 0.348 e. The van der Waals surface area contributed by atoms with Crippen LogP contribution in [0.5, 0.6) is 0 Å². The van der Waals surface area contributed by atoms with Crippen molar-refractivity contribution in [2.24, 2.45) is 0 Å². The highest BCUT2D eigenvalue weighted by atomic mass is 32.2. The quantitative estimate of drug-likeness (QED) is 0.521. The van der Waals surface area contributed by atoms with Crippen molar-refractivity contribution in [2.45, 2.75) is 45.1 Å². The highest BCUT2D eigenvalue weighted by Crippen LogP contribution is 2.25. The van der Waals surface area contributed by atoms with Gasteiger partial charge in [0.15, 0.2) is 0 Å². The molecule has 0 heterocycles. The number of anilines is 1. The van der Waals surface area contributed by atoms with Crippen LogP contribution < -0.4 is 9.62 Å². The van der Waals surface area contributed by atoms with Gasteiger partial charge in [-0.3, -0.25) is 9.10 Å². The van der Waals surface area contributed by atoms with Crippen LogP contribution in [0.15, 0.2) is 77.7 Å². The van der Waals surface area contributed by atoms with Gasteiger partial charge in [0.2, 0.25) is 5.91 Å². The Hall–Kier alpha value is -3.12. The molecule has 168 valence electrons. The van der Waals surface area contributed by atoms with Gasteiger partial charge in [-0.15, -0.1) is 0 Å². The maximum atomic E-state index is 13.5. The smallest absolute Gasteiger partial charge is 0.264 e. The Balaban J connectivity index is 1.91. The van der Waals surface area contributed by atoms with Crippen LogP contribution in [0.3, 0.4) is 0 Å². The second-order valence-electron chi connectivity index (χ2n) is 8.10. The Morgan fingerprint density at radius 1 is 0.875 bits per heavy atom. The van der Waals surface area contributed by atoms with Crippen molar-refractivity contribution < 1.29 is 13.2 Å². The molecule has 1 amide bonds. The molecule has 0 aromatic heterocycles. The second-order valence-corrected chi connectivity index (χ2v) is 9.97. The van der Waals surface area contributed by atoms with Crippen LogP contribution >= 0.6 is 0 Å². The number of aryl methyl sites for hydroxylation is 3. The van der Waals surface area contributed by atoms with Crippen LogP contribution in [0.1, 0.15) is 41.6 Å². The van der Waals surface area contributed by atoms with E-state index in [9.17, 15) is 13.2 Å². The number of nitrogens with zero attached hydrogens (tertiary/aromatic N) is 1. The second kappa shape index (κ2) is 10.0. The molecule has 0 saturated heterocycles. The summed E-state index contributed by atoms with van der Waals surface area (Å²) in [4.78, 5) is 13.2. The third kappa shape index (κ3) is 5.56. The highest BCUT2D eigenvalue weighted by molar-refractivity contribution is 7.92. The van der Waals surface area contributed by atoms with Crippen molar-refractivity contribution >= 4 is 21.6 Å². The number of hydrogen-bond acceptors (Lipinski definition) is 3. The van der Waals surface area contributed by atoms with E-state index in [4.69, 9.17) is 0 Å². The number of hydrogen-bond donors (Lipinski definition) is 1. The average Bonchev–Trinajstić information content (AvgIpc) is 2.76. The van der Waals surface area contributed by atoms with Crippen molar-refractivity contribution in [3.05, 3.63) is 95.1 Å². The van der Waals surface area contributed by atoms with Crippen molar-refractivity contribution in [3.63, 3.8) is 0 Å². The van der Waals surface area contributed by atoms with E-state index in [1.165, 1.54) is 4.31 Å². The van der Waals surface area contributed by atoms with E-state index in [1.807, 2.05) is 58.0 Å². The fraction of sp³-hybridized carbons (Fsp3) is 0.269. The zero-order chi connectivity index (χ0) is 23.3. The van der Waals surface area contributed by atoms with Crippen molar-refractivity contribution in [3.8, 4) is 0 Å². The highest BCUT2D eigenvalue weighted by Gasteiger charge is 2.28. The van der Waals surface area contributed by atoms with E-state index >= 15 is 0 Å². The number of carbonyl (C=O) groups is 1. The first-order valence-corrected chi connectivity index (χ1v) is 12.2. The third-order valence-electron chi connectivity index (χ3n) is 5.41. The molecule has 3 aromatic carbocycles. The Bertz CT molecular complexity index is 1170. The van der Waals surface area contributed by atoms with Gasteiger partial charge in [-0.1, -0.05) is 66.6 Å². The summed E-state index contributed by atoms with van der Waals surface area (Å²) < 4.78 is 28.2. The molecule has 1 atom stereocenters. The lowest BCUT2D eigenvalue weighted by molar-refractivity contribution is -0.120. The number of carbonyl (C=O) groups excluding carboxylic acids is 1. The van der Waals surface area contributed by atoms with E-state index in [1.54, 1.807) is 42.5 Å². The number of rotatable bonds is 8. The molecular formula is C26H30N2O3S. The molecule has 3 aromatic rings. The summed E-state index contributed by atoms with van der Waals surface area (Å²) in [5, 5.41) is 3.00. The van der Waals surface area contributed by atoms with Gasteiger partial charge < -0.3 is 5.32 Å². The van der Waals surface area contributed by atoms with Gasteiger partial charge >= 0.3 is 0 Å². The Kier molecular flexibility index (Phi) is 7.36. The van der Waals surface area contributed by atoms with Gasteiger partial charge in [-0.25, -0.2) is 8.42 Å². The van der Waals surface area contributed by atoms with Gasteiger partial charge in [-0.05, 0) is 62.6 Å². The summed E-state index contributed by atoms with van der Waals surface area (Å²) in [6.07, 6.45) is 0.698. The molecular weight excluding hydrogens is 420 g/mol. The van der Waals surface area contributed by atoms with Crippen LogP contribution in [-0.2, 0) is 14.8 Å². The predicted octanol–water partition coefficient (Wildman–Crippen LogP) is 5.07. The Morgan fingerprint density at radius 3 is 2.03 bits per heavy atom. The first-order valence-electron chi connectivity index (χ1n) is 10.7. The number of sulfonamides is 1. The van der Waals surface area contributed by atoms with E-state index in [0.717, 1.165) is 22.3 Å². The van der Waals surface area contributed by atoms with Crippen molar-refractivity contribution in [1.29, 1.82) is 0 Å². The molecule has 6 heteroatoms. The van der Waals surface area contributed by atoms with Gasteiger partial charge in [0.05, 0.1) is 16.6 Å². The Morgan fingerprint density at radius 2 is 1.47 bits per heavy atom. The maximum Gasteiger partial charge on any atom is 0.264 e. The minimum Gasteiger partial charge on any atom is -0.348 e. The average molecular weight is 451 g/mol. The van der Waals surface area contributed by atoms with Crippen LogP contribution in [0.2, 0.25) is 0 Å². The zero-order valence-corrected chi connectivity index (χ0v) is 19.8. The predicted molar refractivity (Wildman–Crippen MR) is 129 cm³/mol. The monoisotopic (exact) mass is 450 g/mol. The number of benzene rings is 3. The summed E-state index contributed by atoms with van der Waals surface area (Å²) in [5.41, 5.74) is 4.48. The zero-order valence-electron chi connectivity index (χ0n) is 19.0. The fourth-order valence-electron chi connectivity index (χ4n) is 3.53. The molecule has 5 nitrogen and oxygen atoms in total. The molecule has 1 N–H and O–H groups in total. The minimum atomic E-state index is -3.92. The van der Waals surface area contributed by atoms with Gasteiger partial charge in [0, 0.05) is 0 Å². The molecule has 3 rings (SSSR count). The summed E-state index contributed by atoms with van der Waals surface area (Å²) in [5.74, 6) is -0.352. The molecule has 0 saturated carbocycles. The lowest BCUT2D eigenvalue weighted by Crippen LogP contribution is -2.42. The van der Waals surface area contributed by atoms with E-state index < -0.39 is 10.0 Å². The standard InChI is InChI=1S/C26H30N2O3S/c1-5-25(22-13-9-19(2)10-14-22)27-26(29)18-28(23-8-6-7-21(4)17-23)32(30,31)24-15-11-20(3)12-16-24/h6-17,25H,5,18H2,1-4H3,(H,27,29)/t25-/m0/s1. The SMILES string of the molecule is CC[C@H](NC(=O)CN(c1cccc(C)c1)S(=O)(=O)c1ccc(C)cc1)c1ccc(C)cc1. The lowest BCUT2D eigenvalue weighted by Gasteiger charge is -2.26. The van der Waals surface area contributed by atoms with Crippen LogP contribution in [0, 0.1) is 20.8 Å². The topological polar surface area (TPSA) is 66.5 Å². The van der Waals surface area contributed by atoms with Crippen LogP contribution in [0.4, 0.5) is 5.69 Å². The number of amides is 1. The van der Waals surface area contributed by atoms with Gasteiger partial charge in [0.25, 0.3) is 10.0 Å². The molecule has 0 bridgehead atoms. The van der Waals surface area contributed by atoms with E-state index in [0.29, 0.717) is 12.1 Å². The summed E-state index contributed by atoms with van der Waals surface area (Å²) in [7, 11) is -3.92.